The smallest absolute Gasteiger partial charge is 0.162 e. The standard InChI is InChI=1S/C16H22N4O2/c1-21-14-7-10-13(8-15(14)22-2)18-9-19-16(10)20-12-6-4-3-5-11(12)17/h7-9,11-12H,3-6,17H2,1-2H3,(H,18,19,20)/t11-,12-/m0/s1. The summed E-state index contributed by atoms with van der Waals surface area (Å²) in [5.41, 5.74) is 7.04. The Kier molecular flexibility index (Phi) is 4.29. The van der Waals surface area contributed by atoms with Crippen LogP contribution in [0.1, 0.15) is 25.7 Å². The van der Waals surface area contributed by atoms with Crippen molar-refractivity contribution in [1.82, 2.24) is 9.97 Å². The second-order valence-electron chi connectivity index (χ2n) is 5.65. The lowest BCUT2D eigenvalue weighted by Gasteiger charge is -2.30. The summed E-state index contributed by atoms with van der Waals surface area (Å²) in [7, 11) is 3.24. The fraction of sp³-hybridized carbons (Fsp3) is 0.500. The lowest BCUT2D eigenvalue weighted by atomic mass is 9.91. The average Bonchev–Trinajstić information content (AvgIpc) is 2.56. The first-order valence-corrected chi connectivity index (χ1v) is 7.61. The molecule has 2 atom stereocenters. The Bertz CT molecular complexity index is 662. The summed E-state index contributed by atoms with van der Waals surface area (Å²) in [6.45, 7) is 0. The summed E-state index contributed by atoms with van der Waals surface area (Å²) in [6, 6.07) is 4.19. The number of nitrogens with one attached hydrogen (secondary N) is 1. The van der Waals surface area contributed by atoms with Crippen molar-refractivity contribution in [2.24, 2.45) is 5.73 Å². The number of ether oxygens (including phenoxy) is 2. The van der Waals surface area contributed by atoms with Crippen LogP contribution in [0.15, 0.2) is 18.5 Å². The molecule has 0 spiro atoms. The molecular formula is C16H22N4O2. The minimum atomic E-state index is 0.166. The van der Waals surface area contributed by atoms with Gasteiger partial charge in [0.2, 0.25) is 0 Å². The Morgan fingerprint density at radius 2 is 1.82 bits per heavy atom. The van der Waals surface area contributed by atoms with E-state index in [4.69, 9.17) is 15.2 Å². The van der Waals surface area contributed by atoms with Crippen LogP contribution in [0.4, 0.5) is 5.82 Å². The molecule has 1 saturated carbocycles. The first-order chi connectivity index (χ1) is 10.7. The zero-order valence-electron chi connectivity index (χ0n) is 13.0. The van der Waals surface area contributed by atoms with Crippen molar-refractivity contribution in [2.75, 3.05) is 19.5 Å². The highest BCUT2D eigenvalue weighted by Gasteiger charge is 2.23. The monoisotopic (exact) mass is 302 g/mol. The molecule has 3 N–H and O–H groups in total. The molecule has 22 heavy (non-hydrogen) atoms. The highest BCUT2D eigenvalue weighted by molar-refractivity contribution is 5.91. The van der Waals surface area contributed by atoms with Gasteiger partial charge in [-0.2, -0.15) is 0 Å². The maximum absolute atomic E-state index is 6.22. The van der Waals surface area contributed by atoms with Gasteiger partial charge in [-0.3, -0.25) is 0 Å². The van der Waals surface area contributed by atoms with Gasteiger partial charge >= 0.3 is 0 Å². The summed E-state index contributed by atoms with van der Waals surface area (Å²) in [4.78, 5) is 8.71. The minimum Gasteiger partial charge on any atom is -0.493 e. The second-order valence-corrected chi connectivity index (χ2v) is 5.65. The molecule has 1 aliphatic rings. The van der Waals surface area contributed by atoms with Crippen molar-refractivity contribution in [2.45, 2.75) is 37.8 Å². The van der Waals surface area contributed by atoms with Crippen LogP contribution < -0.4 is 20.5 Å². The van der Waals surface area contributed by atoms with Crippen LogP contribution >= 0.6 is 0 Å². The second kappa shape index (κ2) is 6.36. The number of benzene rings is 1. The number of nitrogens with zero attached hydrogens (tertiary/aromatic N) is 2. The molecule has 6 heteroatoms. The summed E-state index contributed by atoms with van der Waals surface area (Å²) < 4.78 is 10.7. The van der Waals surface area contributed by atoms with Gasteiger partial charge in [-0.25, -0.2) is 9.97 Å². The lowest BCUT2D eigenvalue weighted by Crippen LogP contribution is -2.42. The number of hydrogen-bond acceptors (Lipinski definition) is 6. The van der Waals surface area contributed by atoms with E-state index in [0.29, 0.717) is 11.5 Å². The SMILES string of the molecule is COc1cc2ncnc(N[C@H]3CCCC[C@@H]3N)c2cc1OC. The predicted octanol–water partition coefficient (Wildman–Crippen LogP) is 2.33. The largest absolute Gasteiger partial charge is 0.493 e. The van der Waals surface area contributed by atoms with Gasteiger partial charge in [0.1, 0.15) is 12.1 Å². The number of anilines is 1. The van der Waals surface area contributed by atoms with Gasteiger partial charge < -0.3 is 20.5 Å². The number of fused-ring (bicyclic) bond motifs is 1. The molecule has 0 bridgehead atoms. The molecule has 0 unspecified atom stereocenters. The van der Waals surface area contributed by atoms with E-state index in [1.54, 1.807) is 20.5 Å². The molecular weight excluding hydrogens is 280 g/mol. The Hall–Kier alpha value is -2.08. The molecule has 2 aromatic rings. The minimum absolute atomic E-state index is 0.166. The van der Waals surface area contributed by atoms with Crippen molar-refractivity contribution in [1.29, 1.82) is 0 Å². The molecule has 0 aliphatic heterocycles. The van der Waals surface area contributed by atoms with Crippen LogP contribution in [-0.4, -0.2) is 36.3 Å². The zero-order chi connectivity index (χ0) is 15.5. The van der Waals surface area contributed by atoms with Gasteiger partial charge in [0.25, 0.3) is 0 Å². The molecule has 1 aromatic carbocycles. The fourth-order valence-electron chi connectivity index (χ4n) is 3.01. The van der Waals surface area contributed by atoms with Gasteiger partial charge in [0, 0.05) is 23.5 Å². The van der Waals surface area contributed by atoms with Crippen LogP contribution in [0.25, 0.3) is 10.9 Å². The highest BCUT2D eigenvalue weighted by Crippen LogP contribution is 2.34. The van der Waals surface area contributed by atoms with Gasteiger partial charge in [0.05, 0.1) is 19.7 Å². The third-order valence-electron chi connectivity index (χ3n) is 4.28. The Morgan fingerprint density at radius 1 is 1.09 bits per heavy atom. The maximum Gasteiger partial charge on any atom is 0.162 e. The third kappa shape index (κ3) is 2.78. The highest BCUT2D eigenvalue weighted by atomic mass is 16.5. The molecule has 3 rings (SSSR count). The number of hydrogen-bond donors (Lipinski definition) is 2. The van der Waals surface area contributed by atoms with E-state index in [1.807, 2.05) is 12.1 Å². The number of aromatic nitrogens is 2. The Morgan fingerprint density at radius 3 is 2.55 bits per heavy atom. The van der Waals surface area contributed by atoms with Crippen LogP contribution in [0.3, 0.4) is 0 Å². The molecule has 118 valence electrons. The van der Waals surface area contributed by atoms with Crippen LogP contribution in [0.2, 0.25) is 0 Å². The van der Waals surface area contributed by atoms with Crippen molar-refractivity contribution < 1.29 is 9.47 Å². The molecule has 0 saturated heterocycles. The van der Waals surface area contributed by atoms with Gasteiger partial charge in [-0.05, 0) is 18.9 Å². The van der Waals surface area contributed by atoms with Gasteiger partial charge in [0.15, 0.2) is 11.5 Å². The quantitative estimate of drug-likeness (QED) is 0.902. The molecule has 0 amide bonds. The number of methoxy groups -OCH3 is 2. The Balaban J connectivity index is 1.98. The summed E-state index contributed by atoms with van der Waals surface area (Å²) in [5.74, 6) is 2.13. The first-order valence-electron chi connectivity index (χ1n) is 7.61. The van der Waals surface area contributed by atoms with Crippen molar-refractivity contribution in [3.8, 4) is 11.5 Å². The first kappa shape index (κ1) is 14.8. The van der Waals surface area contributed by atoms with E-state index in [1.165, 1.54) is 12.8 Å². The van der Waals surface area contributed by atoms with Crippen LogP contribution in [0, 0.1) is 0 Å². The van der Waals surface area contributed by atoms with Gasteiger partial charge in [-0.15, -0.1) is 0 Å². The molecule has 1 aromatic heterocycles. The van der Waals surface area contributed by atoms with Crippen molar-refractivity contribution >= 4 is 16.7 Å². The molecule has 0 radical (unpaired) electrons. The summed E-state index contributed by atoms with van der Waals surface area (Å²) in [5, 5.41) is 4.40. The lowest BCUT2D eigenvalue weighted by molar-refractivity contribution is 0.355. The summed E-state index contributed by atoms with van der Waals surface area (Å²) >= 11 is 0. The van der Waals surface area contributed by atoms with Crippen LogP contribution in [-0.2, 0) is 0 Å². The number of nitrogens with two attached hydrogens (primary N) is 1. The van der Waals surface area contributed by atoms with Crippen molar-refractivity contribution in [3.05, 3.63) is 18.5 Å². The summed E-state index contributed by atoms with van der Waals surface area (Å²) in [6.07, 6.45) is 6.09. The molecule has 6 nitrogen and oxygen atoms in total. The molecule has 1 heterocycles. The van der Waals surface area contributed by atoms with E-state index in [2.05, 4.69) is 15.3 Å². The average molecular weight is 302 g/mol. The molecule has 1 fully saturated rings. The van der Waals surface area contributed by atoms with E-state index in [9.17, 15) is 0 Å². The number of rotatable bonds is 4. The van der Waals surface area contributed by atoms with E-state index in [-0.39, 0.29) is 12.1 Å². The third-order valence-corrected chi connectivity index (χ3v) is 4.28. The molecule has 1 aliphatic carbocycles. The maximum atomic E-state index is 6.22. The van der Waals surface area contributed by atoms with Crippen LogP contribution in [0.5, 0.6) is 11.5 Å². The Labute approximate surface area is 130 Å². The predicted molar refractivity (Wildman–Crippen MR) is 86.5 cm³/mol. The topological polar surface area (TPSA) is 82.3 Å². The van der Waals surface area contributed by atoms with E-state index < -0.39 is 0 Å². The fourth-order valence-corrected chi connectivity index (χ4v) is 3.01. The van der Waals surface area contributed by atoms with Gasteiger partial charge in [-0.1, -0.05) is 12.8 Å². The normalized spacial score (nSPS) is 21.6. The zero-order valence-corrected chi connectivity index (χ0v) is 13.0. The van der Waals surface area contributed by atoms with E-state index in [0.717, 1.165) is 29.6 Å². The van der Waals surface area contributed by atoms with E-state index >= 15 is 0 Å². The van der Waals surface area contributed by atoms with Crippen molar-refractivity contribution in [3.63, 3.8) is 0 Å².